The Bertz CT molecular complexity index is 285. The fourth-order valence-electron chi connectivity index (χ4n) is 1.21. The standard InChI is InChI=1S/C6H12N2O3S/c1-5-6(9)7-3-4-8(5)12(2,10)11/h5H,3-4H2,1-2H3,(H,7,9). The van der Waals surface area contributed by atoms with Gasteiger partial charge in [-0.1, -0.05) is 0 Å². The molecule has 0 aromatic rings. The summed E-state index contributed by atoms with van der Waals surface area (Å²) in [7, 11) is -3.24. The summed E-state index contributed by atoms with van der Waals surface area (Å²) in [6, 6.07) is -0.575. The van der Waals surface area contributed by atoms with E-state index >= 15 is 0 Å². The number of nitrogens with one attached hydrogen (secondary N) is 1. The minimum Gasteiger partial charge on any atom is -0.353 e. The first-order valence-corrected chi connectivity index (χ1v) is 5.52. The molecule has 12 heavy (non-hydrogen) atoms. The summed E-state index contributed by atoms with van der Waals surface area (Å²) in [5, 5.41) is 2.59. The van der Waals surface area contributed by atoms with Crippen molar-refractivity contribution in [1.29, 1.82) is 0 Å². The van der Waals surface area contributed by atoms with Gasteiger partial charge in [-0.05, 0) is 6.92 Å². The van der Waals surface area contributed by atoms with Crippen LogP contribution in [0.1, 0.15) is 6.92 Å². The summed E-state index contributed by atoms with van der Waals surface area (Å²) >= 11 is 0. The number of sulfonamides is 1. The number of amides is 1. The summed E-state index contributed by atoms with van der Waals surface area (Å²) in [5.74, 6) is -0.230. The zero-order valence-electron chi connectivity index (χ0n) is 7.07. The number of piperazine rings is 1. The average molecular weight is 192 g/mol. The first kappa shape index (κ1) is 9.47. The van der Waals surface area contributed by atoms with Crippen molar-refractivity contribution in [2.24, 2.45) is 0 Å². The second-order valence-corrected chi connectivity index (χ2v) is 4.78. The molecular formula is C6H12N2O3S. The maximum absolute atomic E-state index is 11.1. The van der Waals surface area contributed by atoms with Crippen LogP contribution in [0.15, 0.2) is 0 Å². The zero-order valence-corrected chi connectivity index (χ0v) is 7.89. The van der Waals surface area contributed by atoms with Gasteiger partial charge in [-0.2, -0.15) is 4.31 Å². The van der Waals surface area contributed by atoms with Crippen LogP contribution in [-0.4, -0.2) is 44.0 Å². The van der Waals surface area contributed by atoms with Crippen molar-refractivity contribution in [2.75, 3.05) is 19.3 Å². The molecular weight excluding hydrogens is 180 g/mol. The van der Waals surface area contributed by atoms with Crippen molar-refractivity contribution in [2.45, 2.75) is 13.0 Å². The van der Waals surface area contributed by atoms with Crippen LogP contribution in [-0.2, 0) is 14.8 Å². The molecule has 1 rings (SSSR count). The van der Waals surface area contributed by atoms with Crippen molar-refractivity contribution in [3.8, 4) is 0 Å². The summed E-state index contributed by atoms with van der Waals surface area (Å²) in [6.07, 6.45) is 1.11. The van der Waals surface area contributed by atoms with Crippen LogP contribution in [0.5, 0.6) is 0 Å². The average Bonchev–Trinajstić information content (AvgIpc) is 1.92. The number of nitrogens with zero attached hydrogens (tertiary/aromatic N) is 1. The van der Waals surface area contributed by atoms with Gasteiger partial charge in [0.05, 0.1) is 6.26 Å². The first-order chi connectivity index (χ1) is 5.43. The van der Waals surface area contributed by atoms with Gasteiger partial charge in [-0.15, -0.1) is 0 Å². The Morgan fingerprint density at radius 1 is 1.58 bits per heavy atom. The van der Waals surface area contributed by atoms with E-state index in [2.05, 4.69) is 5.32 Å². The van der Waals surface area contributed by atoms with E-state index in [1.807, 2.05) is 0 Å². The third-order valence-electron chi connectivity index (χ3n) is 1.87. The molecule has 0 bridgehead atoms. The Kier molecular flexibility index (Phi) is 2.39. The lowest BCUT2D eigenvalue weighted by atomic mass is 10.2. The summed E-state index contributed by atoms with van der Waals surface area (Å²) in [6.45, 7) is 2.34. The molecule has 6 heteroatoms. The van der Waals surface area contributed by atoms with Gasteiger partial charge < -0.3 is 5.32 Å². The molecule has 0 saturated carbocycles. The van der Waals surface area contributed by atoms with Gasteiger partial charge in [0.2, 0.25) is 15.9 Å². The maximum atomic E-state index is 11.1. The van der Waals surface area contributed by atoms with Gasteiger partial charge >= 0.3 is 0 Å². The van der Waals surface area contributed by atoms with Crippen LogP contribution < -0.4 is 5.32 Å². The van der Waals surface area contributed by atoms with Crippen LogP contribution in [0.25, 0.3) is 0 Å². The summed E-state index contributed by atoms with van der Waals surface area (Å²) < 4.78 is 23.4. The Hall–Kier alpha value is -0.620. The lowest BCUT2D eigenvalue weighted by molar-refractivity contribution is -0.126. The van der Waals surface area contributed by atoms with E-state index in [0.29, 0.717) is 13.1 Å². The molecule has 1 unspecified atom stereocenters. The van der Waals surface area contributed by atoms with Crippen LogP contribution in [0.3, 0.4) is 0 Å². The molecule has 1 aliphatic rings. The van der Waals surface area contributed by atoms with Gasteiger partial charge in [0, 0.05) is 13.1 Å². The Morgan fingerprint density at radius 3 is 2.58 bits per heavy atom. The van der Waals surface area contributed by atoms with E-state index in [-0.39, 0.29) is 5.91 Å². The van der Waals surface area contributed by atoms with Crippen LogP contribution in [0.4, 0.5) is 0 Å². The Balaban J connectivity index is 2.85. The van der Waals surface area contributed by atoms with Crippen molar-refractivity contribution in [3.63, 3.8) is 0 Å². The fourth-order valence-corrected chi connectivity index (χ4v) is 2.31. The van der Waals surface area contributed by atoms with Crippen LogP contribution in [0, 0.1) is 0 Å². The molecule has 0 aliphatic carbocycles. The van der Waals surface area contributed by atoms with Gasteiger partial charge in [-0.25, -0.2) is 8.42 Å². The van der Waals surface area contributed by atoms with E-state index < -0.39 is 16.1 Å². The number of hydrogen-bond donors (Lipinski definition) is 1. The first-order valence-electron chi connectivity index (χ1n) is 3.67. The molecule has 0 aromatic heterocycles. The van der Waals surface area contributed by atoms with E-state index in [1.54, 1.807) is 6.92 Å². The van der Waals surface area contributed by atoms with Crippen molar-refractivity contribution in [3.05, 3.63) is 0 Å². The third-order valence-corrected chi connectivity index (χ3v) is 3.22. The van der Waals surface area contributed by atoms with Crippen molar-refractivity contribution in [1.82, 2.24) is 9.62 Å². The number of hydrogen-bond acceptors (Lipinski definition) is 3. The van der Waals surface area contributed by atoms with E-state index in [0.717, 1.165) is 6.26 Å². The topological polar surface area (TPSA) is 66.5 Å². The van der Waals surface area contributed by atoms with Crippen molar-refractivity contribution >= 4 is 15.9 Å². The molecule has 5 nitrogen and oxygen atoms in total. The smallest absolute Gasteiger partial charge is 0.238 e. The molecule has 1 N–H and O–H groups in total. The maximum Gasteiger partial charge on any atom is 0.238 e. The Morgan fingerprint density at radius 2 is 2.17 bits per heavy atom. The highest BCUT2D eigenvalue weighted by Gasteiger charge is 2.31. The highest BCUT2D eigenvalue weighted by atomic mass is 32.2. The molecule has 0 spiro atoms. The summed E-state index contributed by atoms with van der Waals surface area (Å²) in [5.41, 5.74) is 0. The normalized spacial score (nSPS) is 26.8. The molecule has 0 radical (unpaired) electrons. The van der Waals surface area contributed by atoms with Gasteiger partial charge in [0.15, 0.2) is 0 Å². The SMILES string of the molecule is CC1C(=O)NCCN1S(C)(=O)=O. The minimum absolute atomic E-state index is 0.230. The molecule has 1 atom stereocenters. The predicted octanol–water partition coefficient (Wildman–Crippen LogP) is -1.23. The summed E-state index contributed by atoms with van der Waals surface area (Å²) in [4.78, 5) is 11.0. The van der Waals surface area contributed by atoms with E-state index in [1.165, 1.54) is 4.31 Å². The lowest BCUT2D eigenvalue weighted by Gasteiger charge is -2.30. The molecule has 70 valence electrons. The fraction of sp³-hybridized carbons (Fsp3) is 0.833. The lowest BCUT2D eigenvalue weighted by Crippen LogP contribution is -2.55. The van der Waals surface area contributed by atoms with E-state index in [9.17, 15) is 13.2 Å². The molecule has 1 heterocycles. The van der Waals surface area contributed by atoms with Crippen LogP contribution in [0.2, 0.25) is 0 Å². The molecule has 1 fully saturated rings. The Labute approximate surface area is 71.8 Å². The van der Waals surface area contributed by atoms with Crippen LogP contribution >= 0.6 is 0 Å². The minimum atomic E-state index is -3.24. The van der Waals surface area contributed by atoms with E-state index in [4.69, 9.17) is 0 Å². The number of carbonyl (C=O) groups excluding carboxylic acids is 1. The number of rotatable bonds is 1. The molecule has 1 amide bonds. The van der Waals surface area contributed by atoms with Gasteiger partial charge in [-0.3, -0.25) is 4.79 Å². The zero-order chi connectivity index (χ0) is 9.35. The van der Waals surface area contributed by atoms with Gasteiger partial charge in [0.1, 0.15) is 6.04 Å². The second-order valence-electron chi connectivity index (χ2n) is 2.84. The second kappa shape index (κ2) is 3.02. The quantitative estimate of drug-likeness (QED) is 0.565. The van der Waals surface area contributed by atoms with Crippen molar-refractivity contribution < 1.29 is 13.2 Å². The third kappa shape index (κ3) is 1.75. The predicted molar refractivity (Wildman–Crippen MR) is 44.0 cm³/mol. The molecule has 0 aromatic carbocycles. The largest absolute Gasteiger partial charge is 0.353 e. The van der Waals surface area contributed by atoms with Gasteiger partial charge in [0.25, 0.3) is 0 Å². The molecule has 1 aliphatic heterocycles. The number of carbonyl (C=O) groups is 1. The molecule has 1 saturated heterocycles. The monoisotopic (exact) mass is 192 g/mol. The highest BCUT2D eigenvalue weighted by Crippen LogP contribution is 2.07. The highest BCUT2D eigenvalue weighted by molar-refractivity contribution is 7.88.